The first-order chi connectivity index (χ1) is 17.3. The maximum atomic E-state index is 5.77. The molecule has 0 amide bonds. The van der Waals surface area contributed by atoms with Gasteiger partial charge in [0.2, 0.25) is 5.95 Å². The molecular weight excluding hydrogens is 458 g/mol. The van der Waals surface area contributed by atoms with Gasteiger partial charge in [0.05, 0.1) is 19.8 Å². The zero-order chi connectivity index (χ0) is 25.3. The van der Waals surface area contributed by atoms with E-state index in [0.717, 1.165) is 36.2 Å². The molecule has 0 spiro atoms. The number of aromatic nitrogens is 6. The Bertz CT molecular complexity index is 1190. The van der Waals surface area contributed by atoms with Crippen molar-refractivity contribution >= 4 is 28.6 Å². The smallest absolute Gasteiger partial charge is 0.228 e. The normalized spacial score (nSPS) is 21.6. The van der Waals surface area contributed by atoms with Crippen LogP contribution in [0.5, 0.6) is 0 Å². The molecule has 3 aromatic heterocycles. The minimum absolute atomic E-state index is 0.0338. The molecule has 11 nitrogen and oxygen atoms in total. The standard InChI is InChI=1S/C25H37N9O2/c1-6-35-11-10-34-21-20(18(32-34)14-36-7-2)30-23(31-22(21)29-19-8-9-26-16-27-19)33-15-25(24(3,4)5)12-17(33)13-28-25/h8-9,16-17,28H,6-7,10-15H2,1-5H3,(H,26,27,29,30,31)/t17-,25+/m0/s1. The molecule has 5 heterocycles. The predicted molar refractivity (Wildman–Crippen MR) is 138 cm³/mol. The summed E-state index contributed by atoms with van der Waals surface area (Å²) < 4.78 is 13.3. The topological polar surface area (TPSA) is 115 Å². The Balaban J connectivity index is 1.61. The van der Waals surface area contributed by atoms with E-state index in [0.29, 0.717) is 56.6 Å². The lowest BCUT2D eigenvalue weighted by molar-refractivity contribution is 0.128. The van der Waals surface area contributed by atoms with Crippen LogP contribution in [0.3, 0.4) is 0 Å². The van der Waals surface area contributed by atoms with Crippen molar-refractivity contribution in [2.45, 2.75) is 65.8 Å². The fourth-order valence-corrected chi connectivity index (χ4v) is 5.25. The third-order valence-electron chi connectivity index (χ3n) is 7.40. The average Bonchev–Trinajstić information content (AvgIpc) is 3.56. The Labute approximate surface area is 212 Å². The van der Waals surface area contributed by atoms with E-state index < -0.39 is 0 Å². The van der Waals surface area contributed by atoms with E-state index in [9.17, 15) is 0 Å². The van der Waals surface area contributed by atoms with Crippen LogP contribution in [0.15, 0.2) is 18.6 Å². The van der Waals surface area contributed by atoms with Gasteiger partial charge in [-0.3, -0.25) is 4.68 Å². The van der Waals surface area contributed by atoms with Crippen LogP contribution in [-0.2, 0) is 22.6 Å². The molecule has 5 rings (SSSR count). The van der Waals surface area contributed by atoms with Gasteiger partial charge in [-0.15, -0.1) is 0 Å². The number of fused-ring (bicyclic) bond motifs is 3. The molecule has 0 aliphatic carbocycles. The summed E-state index contributed by atoms with van der Waals surface area (Å²) in [7, 11) is 0. The predicted octanol–water partition coefficient (Wildman–Crippen LogP) is 2.90. The van der Waals surface area contributed by atoms with Crippen molar-refractivity contribution in [3.05, 3.63) is 24.3 Å². The van der Waals surface area contributed by atoms with Crippen molar-refractivity contribution in [2.75, 3.05) is 43.1 Å². The van der Waals surface area contributed by atoms with Gasteiger partial charge in [-0.05, 0) is 31.7 Å². The second kappa shape index (κ2) is 9.87. The minimum atomic E-state index is 0.0338. The number of nitrogens with one attached hydrogen (secondary N) is 2. The highest BCUT2D eigenvalue weighted by atomic mass is 16.5. The molecule has 2 N–H and O–H groups in total. The van der Waals surface area contributed by atoms with Crippen LogP contribution in [-0.4, -0.2) is 74.2 Å². The van der Waals surface area contributed by atoms with Crippen molar-refractivity contribution in [1.29, 1.82) is 0 Å². The molecule has 11 heteroatoms. The lowest BCUT2D eigenvalue weighted by Crippen LogP contribution is -2.58. The number of hydrogen-bond acceptors (Lipinski definition) is 10. The highest BCUT2D eigenvalue weighted by Crippen LogP contribution is 2.46. The van der Waals surface area contributed by atoms with Crippen molar-refractivity contribution in [2.24, 2.45) is 5.41 Å². The molecule has 3 aromatic rings. The van der Waals surface area contributed by atoms with Crippen LogP contribution in [0.25, 0.3) is 11.0 Å². The molecule has 0 unspecified atom stereocenters. The highest BCUT2D eigenvalue weighted by Gasteiger charge is 2.56. The molecule has 2 bridgehead atoms. The summed E-state index contributed by atoms with van der Waals surface area (Å²) >= 11 is 0. The van der Waals surface area contributed by atoms with Gasteiger partial charge < -0.3 is 25.0 Å². The van der Waals surface area contributed by atoms with Crippen LogP contribution >= 0.6 is 0 Å². The van der Waals surface area contributed by atoms with E-state index in [1.165, 1.54) is 6.33 Å². The number of hydrogen-bond donors (Lipinski definition) is 2. The number of ether oxygens (including phenoxy) is 2. The Morgan fingerprint density at radius 2 is 2.03 bits per heavy atom. The van der Waals surface area contributed by atoms with Gasteiger partial charge >= 0.3 is 0 Å². The molecule has 36 heavy (non-hydrogen) atoms. The molecule has 0 aromatic carbocycles. The fraction of sp³-hybridized carbons (Fsp3) is 0.640. The van der Waals surface area contributed by atoms with Gasteiger partial charge in [0, 0.05) is 44.1 Å². The zero-order valence-corrected chi connectivity index (χ0v) is 21.9. The van der Waals surface area contributed by atoms with Crippen molar-refractivity contribution in [3.8, 4) is 0 Å². The second-order valence-corrected chi connectivity index (χ2v) is 10.5. The summed E-state index contributed by atoms with van der Waals surface area (Å²) in [5.74, 6) is 2.04. The Kier molecular flexibility index (Phi) is 6.80. The zero-order valence-electron chi connectivity index (χ0n) is 21.9. The van der Waals surface area contributed by atoms with Gasteiger partial charge in [-0.1, -0.05) is 20.8 Å². The number of piperazine rings is 1. The summed E-state index contributed by atoms with van der Waals surface area (Å²) in [6, 6.07) is 2.17. The number of nitrogens with zero attached hydrogens (tertiary/aromatic N) is 7. The van der Waals surface area contributed by atoms with Crippen LogP contribution in [0.1, 0.15) is 46.7 Å². The van der Waals surface area contributed by atoms with E-state index in [1.807, 2.05) is 24.6 Å². The molecule has 0 saturated carbocycles. The first-order valence-electron chi connectivity index (χ1n) is 12.8. The fourth-order valence-electron chi connectivity index (χ4n) is 5.25. The quantitative estimate of drug-likeness (QED) is 0.407. The van der Waals surface area contributed by atoms with Crippen molar-refractivity contribution in [3.63, 3.8) is 0 Å². The Morgan fingerprint density at radius 1 is 1.19 bits per heavy atom. The van der Waals surface area contributed by atoms with E-state index in [-0.39, 0.29) is 11.0 Å². The van der Waals surface area contributed by atoms with Crippen molar-refractivity contribution in [1.82, 2.24) is 35.0 Å². The third kappa shape index (κ3) is 4.51. The van der Waals surface area contributed by atoms with Gasteiger partial charge in [0.25, 0.3) is 0 Å². The molecule has 2 fully saturated rings. The van der Waals surface area contributed by atoms with Gasteiger partial charge in [-0.25, -0.2) is 15.0 Å². The van der Waals surface area contributed by atoms with Gasteiger partial charge in [0.15, 0.2) is 5.82 Å². The lowest BCUT2D eigenvalue weighted by Gasteiger charge is -2.42. The summed E-state index contributed by atoms with van der Waals surface area (Å²) in [6.07, 6.45) is 4.30. The van der Waals surface area contributed by atoms with Crippen LogP contribution in [0, 0.1) is 5.41 Å². The SMILES string of the molecule is CCOCCn1nc(COCC)c2nc(N3C[C@@]4(C(C)(C)C)C[C@H]3CN4)nc(Nc3ccncn3)c21. The molecule has 194 valence electrons. The largest absolute Gasteiger partial charge is 0.380 e. The summed E-state index contributed by atoms with van der Waals surface area (Å²) in [4.78, 5) is 20.9. The minimum Gasteiger partial charge on any atom is -0.380 e. The van der Waals surface area contributed by atoms with Gasteiger partial charge in [-0.2, -0.15) is 10.1 Å². The number of anilines is 3. The number of rotatable bonds is 10. The first-order valence-corrected chi connectivity index (χ1v) is 12.8. The van der Waals surface area contributed by atoms with Crippen molar-refractivity contribution < 1.29 is 9.47 Å². The molecule has 0 radical (unpaired) electrons. The first kappa shape index (κ1) is 24.8. The lowest BCUT2D eigenvalue weighted by atomic mass is 9.74. The summed E-state index contributed by atoms with van der Waals surface area (Å²) in [6.45, 7) is 15.4. The van der Waals surface area contributed by atoms with E-state index >= 15 is 0 Å². The monoisotopic (exact) mass is 495 g/mol. The third-order valence-corrected chi connectivity index (χ3v) is 7.40. The molecular formula is C25H37N9O2. The average molecular weight is 496 g/mol. The Hall–Kier alpha value is -2.89. The second-order valence-electron chi connectivity index (χ2n) is 10.5. The van der Waals surface area contributed by atoms with Crippen LogP contribution in [0.2, 0.25) is 0 Å². The summed E-state index contributed by atoms with van der Waals surface area (Å²) in [5.41, 5.74) is 2.56. The maximum absolute atomic E-state index is 5.77. The highest BCUT2D eigenvalue weighted by molar-refractivity contribution is 5.90. The molecule has 2 aliphatic heterocycles. The molecule has 2 atom stereocenters. The van der Waals surface area contributed by atoms with Crippen LogP contribution in [0.4, 0.5) is 17.6 Å². The van der Waals surface area contributed by atoms with E-state index in [2.05, 4.69) is 46.3 Å². The van der Waals surface area contributed by atoms with Crippen LogP contribution < -0.4 is 15.5 Å². The van der Waals surface area contributed by atoms with Gasteiger partial charge in [0.1, 0.15) is 28.9 Å². The molecule has 2 aliphatic rings. The Morgan fingerprint density at radius 3 is 2.72 bits per heavy atom. The summed E-state index contributed by atoms with van der Waals surface area (Å²) in [5, 5.41) is 12.1. The maximum Gasteiger partial charge on any atom is 0.228 e. The van der Waals surface area contributed by atoms with E-state index in [1.54, 1.807) is 6.20 Å². The van der Waals surface area contributed by atoms with E-state index in [4.69, 9.17) is 24.5 Å². The molecule has 2 saturated heterocycles.